The summed E-state index contributed by atoms with van der Waals surface area (Å²) in [4.78, 5) is 11.0. The van der Waals surface area contributed by atoms with E-state index in [0.717, 1.165) is 6.54 Å². The third-order valence-electron chi connectivity index (χ3n) is 1.47. The first kappa shape index (κ1) is 10.4. The van der Waals surface area contributed by atoms with Crippen molar-refractivity contribution in [1.82, 2.24) is 10.6 Å². The second kappa shape index (κ2) is 5.13. The van der Waals surface area contributed by atoms with Gasteiger partial charge >= 0.3 is 0 Å². The standard InChI is InChI=1S/C8H18N2O/c1-6(2)5-10-7(3)8(11)9-4/h6-7,10H,5H2,1-4H3,(H,9,11)/t7-/m0/s1. The summed E-state index contributed by atoms with van der Waals surface area (Å²) in [6, 6.07) is -0.0811. The summed E-state index contributed by atoms with van der Waals surface area (Å²) in [5.74, 6) is 0.632. The van der Waals surface area contributed by atoms with E-state index < -0.39 is 0 Å². The van der Waals surface area contributed by atoms with Crippen LogP contribution in [0.15, 0.2) is 0 Å². The van der Waals surface area contributed by atoms with Gasteiger partial charge in [0.15, 0.2) is 0 Å². The topological polar surface area (TPSA) is 41.1 Å². The Morgan fingerprint density at radius 3 is 2.27 bits per heavy atom. The first-order valence-electron chi connectivity index (χ1n) is 4.03. The van der Waals surface area contributed by atoms with Crippen molar-refractivity contribution < 1.29 is 4.79 Å². The highest BCUT2D eigenvalue weighted by atomic mass is 16.2. The normalized spacial score (nSPS) is 13.2. The molecule has 3 nitrogen and oxygen atoms in total. The summed E-state index contributed by atoms with van der Waals surface area (Å²) in [6.07, 6.45) is 0. The second-order valence-electron chi connectivity index (χ2n) is 3.14. The number of nitrogens with one attached hydrogen (secondary N) is 2. The van der Waals surface area contributed by atoms with Gasteiger partial charge in [-0.15, -0.1) is 0 Å². The van der Waals surface area contributed by atoms with Gasteiger partial charge in [0.05, 0.1) is 6.04 Å². The molecular weight excluding hydrogens is 140 g/mol. The maximum atomic E-state index is 11.0. The van der Waals surface area contributed by atoms with Crippen LogP contribution in [-0.4, -0.2) is 25.5 Å². The van der Waals surface area contributed by atoms with Crippen molar-refractivity contribution in [1.29, 1.82) is 0 Å². The lowest BCUT2D eigenvalue weighted by molar-refractivity contribution is -0.122. The van der Waals surface area contributed by atoms with E-state index in [1.165, 1.54) is 0 Å². The Hall–Kier alpha value is -0.570. The molecular formula is C8H18N2O. The molecule has 0 aromatic carbocycles. The third kappa shape index (κ3) is 4.79. The van der Waals surface area contributed by atoms with E-state index in [9.17, 15) is 4.79 Å². The van der Waals surface area contributed by atoms with Gasteiger partial charge < -0.3 is 10.6 Å². The maximum absolute atomic E-state index is 11.0. The molecule has 66 valence electrons. The van der Waals surface area contributed by atoms with Crippen LogP contribution in [0.1, 0.15) is 20.8 Å². The monoisotopic (exact) mass is 158 g/mol. The van der Waals surface area contributed by atoms with Crippen LogP contribution in [0.2, 0.25) is 0 Å². The zero-order chi connectivity index (χ0) is 8.85. The largest absolute Gasteiger partial charge is 0.358 e. The zero-order valence-corrected chi connectivity index (χ0v) is 7.77. The van der Waals surface area contributed by atoms with E-state index in [1.807, 2.05) is 6.92 Å². The van der Waals surface area contributed by atoms with Gasteiger partial charge in [-0.05, 0) is 19.4 Å². The van der Waals surface area contributed by atoms with Gasteiger partial charge in [-0.2, -0.15) is 0 Å². The Kier molecular flexibility index (Phi) is 4.86. The predicted octanol–water partition coefficient (Wildman–Crippen LogP) is 0.366. The van der Waals surface area contributed by atoms with Crippen LogP contribution in [0.4, 0.5) is 0 Å². The predicted molar refractivity (Wildman–Crippen MR) is 46.4 cm³/mol. The summed E-state index contributed by atoms with van der Waals surface area (Å²) in [5.41, 5.74) is 0. The number of likely N-dealkylation sites (N-methyl/N-ethyl adjacent to an activating group) is 1. The lowest BCUT2D eigenvalue weighted by Crippen LogP contribution is -2.41. The quantitative estimate of drug-likeness (QED) is 0.620. The van der Waals surface area contributed by atoms with Crippen LogP contribution in [0, 0.1) is 5.92 Å². The molecule has 0 saturated carbocycles. The molecule has 2 N–H and O–H groups in total. The lowest BCUT2D eigenvalue weighted by Gasteiger charge is -2.13. The van der Waals surface area contributed by atoms with E-state index >= 15 is 0 Å². The number of hydrogen-bond donors (Lipinski definition) is 2. The summed E-state index contributed by atoms with van der Waals surface area (Å²) < 4.78 is 0. The molecule has 0 fully saturated rings. The molecule has 0 saturated heterocycles. The highest BCUT2D eigenvalue weighted by Crippen LogP contribution is 1.89. The van der Waals surface area contributed by atoms with Gasteiger partial charge in [0, 0.05) is 7.05 Å². The first-order chi connectivity index (χ1) is 5.07. The van der Waals surface area contributed by atoms with Crippen LogP contribution in [0.3, 0.4) is 0 Å². The lowest BCUT2D eigenvalue weighted by atomic mass is 10.2. The number of carbonyl (C=O) groups excluding carboxylic acids is 1. The molecule has 0 radical (unpaired) electrons. The average Bonchev–Trinajstić information content (AvgIpc) is 1.98. The van der Waals surface area contributed by atoms with Crippen molar-refractivity contribution in [2.75, 3.05) is 13.6 Å². The second-order valence-corrected chi connectivity index (χ2v) is 3.14. The molecule has 0 aliphatic rings. The van der Waals surface area contributed by atoms with Crippen LogP contribution in [0.5, 0.6) is 0 Å². The molecule has 0 aromatic rings. The van der Waals surface area contributed by atoms with Crippen molar-refractivity contribution in [3.05, 3.63) is 0 Å². The smallest absolute Gasteiger partial charge is 0.236 e. The minimum absolute atomic E-state index is 0.0469. The molecule has 11 heavy (non-hydrogen) atoms. The van der Waals surface area contributed by atoms with Crippen LogP contribution in [0.25, 0.3) is 0 Å². The Bertz CT molecular complexity index is 123. The highest BCUT2D eigenvalue weighted by Gasteiger charge is 2.09. The maximum Gasteiger partial charge on any atom is 0.236 e. The van der Waals surface area contributed by atoms with Gasteiger partial charge in [-0.3, -0.25) is 4.79 Å². The number of hydrogen-bond acceptors (Lipinski definition) is 2. The highest BCUT2D eigenvalue weighted by molar-refractivity contribution is 5.80. The Morgan fingerprint density at radius 1 is 1.36 bits per heavy atom. The third-order valence-corrected chi connectivity index (χ3v) is 1.47. The summed E-state index contributed by atoms with van der Waals surface area (Å²) in [6.45, 7) is 6.98. The number of amides is 1. The number of rotatable bonds is 4. The molecule has 1 amide bonds. The van der Waals surface area contributed by atoms with Gasteiger partial charge in [0.1, 0.15) is 0 Å². The van der Waals surface area contributed by atoms with Gasteiger partial charge in [0.25, 0.3) is 0 Å². The minimum Gasteiger partial charge on any atom is -0.358 e. The van der Waals surface area contributed by atoms with E-state index in [2.05, 4.69) is 24.5 Å². The van der Waals surface area contributed by atoms with Crippen molar-refractivity contribution in [2.45, 2.75) is 26.8 Å². The molecule has 0 aliphatic heterocycles. The Labute approximate surface area is 68.6 Å². The van der Waals surface area contributed by atoms with Crippen molar-refractivity contribution in [2.24, 2.45) is 5.92 Å². The molecule has 0 aliphatic carbocycles. The van der Waals surface area contributed by atoms with Gasteiger partial charge in [0.2, 0.25) is 5.91 Å². The summed E-state index contributed by atoms with van der Waals surface area (Å²) in [5, 5.41) is 5.71. The zero-order valence-electron chi connectivity index (χ0n) is 7.77. The molecule has 0 unspecified atom stereocenters. The van der Waals surface area contributed by atoms with Crippen molar-refractivity contribution in [3.8, 4) is 0 Å². The van der Waals surface area contributed by atoms with E-state index in [-0.39, 0.29) is 11.9 Å². The van der Waals surface area contributed by atoms with Gasteiger partial charge in [-0.25, -0.2) is 0 Å². The molecule has 0 bridgehead atoms. The van der Waals surface area contributed by atoms with Crippen LogP contribution >= 0.6 is 0 Å². The molecule has 0 spiro atoms. The molecule has 1 atom stereocenters. The van der Waals surface area contributed by atoms with E-state index in [0.29, 0.717) is 5.92 Å². The molecule has 0 heterocycles. The fourth-order valence-electron chi connectivity index (χ4n) is 0.722. The Morgan fingerprint density at radius 2 is 1.91 bits per heavy atom. The molecule has 0 aromatic heterocycles. The van der Waals surface area contributed by atoms with Crippen molar-refractivity contribution >= 4 is 5.91 Å². The molecule has 3 heteroatoms. The summed E-state index contributed by atoms with van der Waals surface area (Å²) >= 11 is 0. The fourth-order valence-corrected chi connectivity index (χ4v) is 0.722. The number of carbonyl (C=O) groups is 1. The minimum atomic E-state index is -0.0811. The van der Waals surface area contributed by atoms with Crippen molar-refractivity contribution in [3.63, 3.8) is 0 Å². The van der Waals surface area contributed by atoms with Crippen LogP contribution < -0.4 is 10.6 Å². The SMILES string of the molecule is CNC(=O)[C@H](C)NCC(C)C. The molecule has 0 rings (SSSR count). The van der Waals surface area contributed by atoms with E-state index in [1.54, 1.807) is 7.05 Å². The first-order valence-corrected chi connectivity index (χ1v) is 4.03. The summed E-state index contributed by atoms with van der Waals surface area (Å²) in [7, 11) is 1.65. The van der Waals surface area contributed by atoms with Gasteiger partial charge in [-0.1, -0.05) is 13.8 Å². The average molecular weight is 158 g/mol. The fraction of sp³-hybridized carbons (Fsp3) is 0.875. The Balaban J connectivity index is 3.52. The van der Waals surface area contributed by atoms with Crippen LogP contribution in [-0.2, 0) is 4.79 Å². The van der Waals surface area contributed by atoms with E-state index in [4.69, 9.17) is 0 Å².